The second-order valence-electron chi connectivity index (χ2n) is 8.30. The van der Waals surface area contributed by atoms with Gasteiger partial charge < -0.3 is 10.5 Å². The Labute approximate surface area is 187 Å². The van der Waals surface area contributed by atoms with E-state index in [9.17, 15) is 4.79 Å². The van der Waals surface area contributed by atoms with E-state index < -0.39 is 0 Å². The van der Waals surface area contributed by atoms with E-state index in [0.29, 0.717) is 23.0 Å². The van der Waals surface area contributed by atoms with Gasteiger partial charge in [0, 0.05) is 30.4 Å². The average Bonchev–Trinajstić information content (AvgIpc) is 2.84. The van der Waals surface area contributed by atoms with E-state index in [4.69, 9.17) is 10.5 Å². The molecule has 1 saturated heterocycles. The molecule has 1 aliphatic rings. The minimum Gasteiger partial charge on any atom is -0.383 e. The van der Waals surface area contributed by atoms with Crippen LogP contribution in [0.5, 0.6) is 0 Å². The topological polar surface area (TPSA) is 78.1 Å². The van der Waals surface area contributed by atoms with Crippen LogP contribution in [0.1, 0.15) is 45.9 Å². The zero-order chi connectivity index (χ0) is 22.1. The molecule has 5 nitrogen and oxygen atoms in total. The quantitative estimate of drug-likeness (QED) is 0.450. The molecule has 2 N–H and O–H groups in total. The number of aryl methyl sites for hydroxylation is 1. The predicted molar refractivity (Wildman–Crippen MR) is 127 cm³/mol. The highest BCUT2D eigenvalue weighted by atomic mass is 16.5. The van der Waals surface area contributed by atoms with Gasteiger partial charge in [-0.05, 0) is 78.3 Å². The van der Waals surface area contributed by atoms with Gasteiger partial charge in [-0.15, -0.1) is 0 Å². The lowest BCUT2D eigenvalue weighted by Gasteiger charge is -2.23. The summed E-state index contributed by atoms with van der Waals surface area (Å²) in [7, 11) is 0. The number of nitrogens with two attached hydrogens (primary N) is 1. The summed E-state index contributed by atoms with van der Waals surface area (Å²) in [5, 5.41) is 1.03. The van der Waals surface area contributed by atoms with Crippen LogP contribution in [0, 0.1) is 6.92 Å². The maximum Gasteiger partial charge on any atom is 0.211 e. The van der Waals surface area contributed by atoms with Gasteiger partial charge in [0.15, 0.2) is 0 Å². The van der Waals surface area contributed by atoms with E-state index in [1.165, 1.54) is 0 Å². The molecule has 0 radical (unpaired) electrons. The van der Waals surface area contributed by atoms with Crippen LogP contribution in [-0.4, -0.2) is 29.0 Å². The van der Waals surface area contributed by atoms with Crippen molar-refractivity contribution in [2.24, 2.45) is 0 Å². The molecule has 1 fully saturated rings. The Hall–Kier alpha value is -3.57. The molecule has 1 aliphatic heterocycles. The Morgan fingerprint density at radius 2 is 1.88 bits per heavy atom. The van der Waals surface area contributed by atoms with E-state index in [1.807, 2.05) is 49.4 Å². The Morgan fingerprint density at radius 1 is 1.03 bits per heavy atom. The molecular formula is C27H25N3O2. The molecule has 32 heavy (non-hydrogen) atoms. The normalized spacial score (nSPS) is 14.5. The van der Waals surface area contributed by atoms with Crippen LogP contribution < -0.4 is 5.73 Å². The number of anilines is 1. The van der Waals surface area contributed by atoms with Crippen molar-refractivity contribution < 1.29 is 9.53 Å². The number of carbonyl (C=O) groups excluding carboxylic acids is 1. The molecule has 0 spiro atoms. The van der Waals surface area contributed by atoms with Crippen LogP contribution in [0.2, 0.25) is 0 Å². The van der Waals surface area contributed by atoms with Crippen molar-refractivity contribution in [3.8, 4) is 11.1 Å². The number of nitrogens with zero attached hydrogens (tertiary/aromatic N) is 2. The Morgan fingerprint density at radius 3 is 2.66 bits per heavy atom. The number of fused-ring (bicyclic) bond motifs is 1. The van der Waals surface area contributed by atoms with Crippen LogP contribution in [0.15, 0.2) is 66.9 Å². The molecule has 0 saturated carbocycles. The SMILES string of the molecule is Cc1cccc(C(=O)c2ccccn2)c1-c1ccc2nc(N)c(C3CCOCC3)cc2c1. The Bertz CT molecular complexity index is 1300. The molecule has 2 aromatic carbocycles. The van der Waals surface area contributed by atoms with E-state index >= 15 is 0 Å². The summed E-state index contributed by atoms with van der Waals surface area (Å²) in [6.07, 6.45) is 3.56. The second-order valence-corrected chi connectivity index (χ2v) is 8.30. The van der Waals surface area contributed by atoms with E-state index in [1.54, 1.807) is 12.3 Å². The first kappa shape index (κ1) is 20.3. The number of rotatable bonds is 4. The Balaban J connectivity index is 1.62. The highest BCUT2D eigenvalue weighted by Crippen LogP contribution is 2.35. The first-order valence-electron chi connectivity index (χ1n) is 11.0. The van der Waals surface area contributed by atoms with Crippen molar-refractivity contribution >= 4 is 22.5 Å². The van der Waals surface area contributed by atoms with E-state index in [2.05, 4.69) is 22.1 Å². The van der Waals surface area contributed by atoms with Crippen LogP contribution in [0.4, 0.5) is 5.82 Å². The van der Waals surface area contributed by atoms with Gasteiger partial charge in [-0.25, -0.2) is 4.98 Å². The Kier molecular flexibility index (Phi) is 5.41. The fourth-order valence-electron chi connectivity index (χ4n) is 4.57. The molecule has 5 rings (SSSR count). The minimum absolute atomic E-state index is 0.0808. The number of ketones is 1. The van der Waals surface area contributed by atoms with Crippen LogP contribution in [-0.2, 0) is 4.74 Å². The number of hydrogen-bond donors (Lipinski definition) is 1. The third-order valence-corrected chi connectivity index (χ3v) is 6.24. The van der Waals surface area contributed by atoms with Gasteiger partial charge >= 0.3 is 0 Å². The number of hydrogen-bond acceptors (Lipinski definition) is 5. The highest BCUT2D eigenvalue weighted by molar-refractivity contribution is 6.12. The third kappa shape index (κ3) is 3.76. The fraction of sp³-hybridized carbons (Fsp3) is 0.222. The summed E-state index contributed by atoms with van der Waals surface area (Å²) in [5.74, 6) is 0.880. The molecule has 0 bridgehead atoms. The predicted octanol–water partition coefficient (Wildman–Crippen LogP) is 5.31. The van der Waals surface area contributed by atoms with E-state index in [0.717, 1.165) is 59.2 Å². The summed E-state index contributed by atoms with van der Waals surface area (Å²) >= 11 is 0. The summed E-state index contributed by atoms with van der Waals surface area (Å²) in [6, 6.07) is 19.5. The molecule has 0 unspecified atom stereocenters. The number of benzene rings is 2. The maximum atomic E-state index is 13.3. The third-order valence-electron chi connectivity index (χ3n) is 6.24. The first-order valence-corrected chi connectivity index (χ1v) is 11.0. The van der Waals surface area contributed by atoms with Crippen LogP contribution in [0.3, 0.4) is 0 Å². The average molecular weight is 424 g/mol. The molecule has 3 heterocycles. The lowest BCUT2D eigenvalue weighted by atomic mass is 9.89. The van der Waals surface area contributed by atoms with Crippen LogP contribution in [0.25, 0.3) is 22.0 Å². The zero-order valence-corrected chi connectivity index (χ0v) is 18.0. The molecule has 0 amide bonds. The van der Waals surface area contributed by atoms with Crippen molar-refractivity contribution in [3.05, 3.63) is 89.2 Å². The van der Waals surface area contributed by atoms with Gasteiger partial charge in [0.25, 0.3) is 0 Å². The largest absolute Gasteiger partial charge is 0.383 e. The number of aromatic nitrogens is 2. The standard InChI is InChI=1S/C27H25N3O2/c1-17-5-4-6-21(26(31)24-7-2-3-12-29-24)25(17)19-8-9-23-20(15-19)16-22(27(28)30-23)18-10-13-32-14-11-18/h2-9,12,15-16,18H,10-11,13-14H2,1H3,(H2,28,30). The van der Waals surface area contributed by atoms with Crippen molar-refractivity contribution in [1.82, 2.24) is 9.97 Å². The second kappa shape index (κ2) is 8.52. The van der Waals surface area contributed by atoms with E-state index in [-0.39, 0.29) is 5.78 Å². The van der Waals surface area contributed by atoms with Gasteiger partial charge in [0.05, 0.1) is 5.52 Å². The van der Waals surface area contributed by atoms with Crippen molar-refractivity contribution in [1.29, 1.82) is 0 Å². The molecule has 4 aromatic rings. The van der Waals surface area contributed by atoms with Crippen molar-refractivity contribution in [2.75, 3.05) is 18.9 Å². The number of ether oxygens (including phenoxy) is 1. The number of carbonyl (C=O) groups is 1. The number of pyridine rings is 2. The zero-order valence-electron chi connectivity index (χ0n) is 18.0. The van der Waals surface area contributed by atoms with Gasteiger partial charge in [-0.1, -0.05) is 30.3 Å². The summed E-state index contributed by atoms with van der Waals surface area (Å²) in [4.78, 5) is 22.2. The van der Waals surface area contributed by atoms with Gasteiger partial charge in [-0.3, -0.25) is 9.78 Å². The minimum atomic E-state index is -0.0808. The fourth-order valence-corrected chi connectivity index (χ4v) is 4.57. The smallest absolute Gasteiger partial charge is 0.211 e. The molecule has 2 aromatic heterocycles. The highest BCUT2D eigenvalue weighted by Gasteiger charge is 2.21. The lowest BCUT2D eigenvalue weighted by Crippen LogP contribution is -2.15. The van der Waals surface area contributed by atoms with Gasteiger partial charge in [0.2, 0.25) is 5.78 Å². The molecule has 0 aliphatic carbocycles. The molecule has 0 atom stereocenters. The summed E-state index contributed by atoms with van der Waals surface area (Å²) < 4.78 is 5.51. The van der Waals surface area contributed by atoms with Crippen LogP contribution >= 0.6 is 0 Å². The maximum absolute atomic E-state index is 13.3. The summed E-state index contributed by atoms with van der Waals surface area (Å²) in [6.45, 7) is 3.54. The molecule has 5 heteroatoms. The van der Waals surface area contributed by atoms with Gasteiger partial charge in [0.1, 0.15) is 11.5 Å². The number of nitrogen functional groups attached to an aromatic ring is 1. The molecule has 160 valence electrons. The first-order chi connectivity index (χ1) is 15.6. The van der Waals surface area contributed by atoms with Crippen molar-refractivity contribution in [2.45, 2.75) is 25.7 Å². The lowest BCUT2D eigenvalue weighted by molar-refractivity contribution is 0.0854. The monoisotopic (exact) mass is 423 g/mol. The van der Waals surface area contributed by atoms with Gasteiger partial charge in [-0.2, -0.15) is 0 Å². The van der Waals surface area contributed by atoms with Crippen molar-refractivity contribution in [3.63, 3.8) is 0 Å². The summed E-state index contributed by atoms with van der Waals surface area (Å²) in [5.41, 5.74) is 12.3. The molecular weight excluding hydrogens is 398 g/mol.